The molecule has 0 fully saturated rings. The molecular weight excluding hydrogens is 333 g/mol. The van der Waals surface area contributed by atoms with E-state index in [4.69, 9.17) is 0 Å². The minimum atomic E-state index is -5.52. The Morgan fingerprint density at radius 1 is 1.38 bits per heavy atom. The summed E-state index contributed by atoms with van der Waals surface area (Å²) >= 11 is 0. The van der Waals surface area contributed by atoms with Crippen molar-refractivity contribution in [3.63, 3.8) is 0 Å². The molecular formula is C7H4F5N3O5S. The number of primary sulfonamides is 1. The van der Waals surface area contributed by atoms with Crippen LogP contribution in [0.15, 0.2) is 11.1 Å². The van der Waals surface area contributed by atoms with Gasteiger partial charge in [0.1, 0.15) is 5.56 Å². The van der Waals surface area contributed by atoms with Crippen LogP contribution in [-0.2, 0) is 10.0 Å². The lowest BCUT2D eigenvalue weighted by Gasteiger charge is -2.11. The number of ether oxygens (including phenoxy) is 1. The molecule has 1 aromatic heterocycles. The number of hydrogen-bond donors (Lipinski definition) is 1. The molecule has 1 heterocycles. The second-order valence-electron chi connectivity index (χ2n) is 3.35. The van der Waals surface area contributed by atoms with Gasteiger partial charge in [-0.1, -0.05) is 0 Å². The van der Waals surface area contributed by atoms with Gasteiger partial charge in [0.15, 0.2) is 5.03 Å². The highest BCUT2D eigenvalue weighted by molar-refractivity contribution is 7.89. The topological polar surface area (TPSA) is 125 Å². The normalized spacial score (nSPS) is 12.5. The molecule has 0 spiro atoms. The quantitative estimate of drug-likeness (QED) is 0.504. The van der Waals surface area contributed by atoms with E-state index in [1.807, 2.05) is 0 Å². The molecule has 0 saturated heterocycles. The van der Waals surface area contributed by atoms with Crippen LogP contribution in [0.2, 0.25) is 0 Å². The maximum absolute atomic E-state index is 12.7. The van der Waals surface area contributed by atoms with Crippen molar-refractivity contribution in [3.05, 3.63) is 21.7 Å². The SMILES string of the molecule is NS(=O)(=O)c1cc(C(F)F)c([N+](=O)[O-])c(OC(F)(F)F)n1. The zero-order valence-electron chi connectivity index (χ0n) is 9.47. The fraction of sp³-hybridized carbons (Fsp3) is 0.286. The number of sulfonamides is 1. The van der Waals surface area contributed by atoms with Gasteiger partial charge in [0, 0.05) is 0 Å². The van der Waals surface area contributed by atoms with E-state index < -0.39 is 49.9 Å². The lowest BCUT2D eigenvalue weighted by Crippen LogP contribution is -2.21. The van der Waals surface area contributed by atoms with Gasteiger partial charge in [-0.25, -0.2) is 22.3 Å². The average Bonchev–Trinajstić information content (AvgIpc) is 2.23. The molecule has 0 radical (unpaired) electrons. The summed E-state index contributed by atoms with van der Waals surface area (Å²) in [6.07, 6.45) is -9.18. The Kier molecular flexibility index (Phi) is 4.33. The monoisotopic (exact) mass is 337 g/mol. The van der Waals surface area contributed by atoms with Gasteiger partial charge < -0.3 is 4.74 Å². The van der Waals surface area contributed by atoms with E-state index in [0.717, 1.165) is 0 Å². The fourth-order valence-electron chi connectivity index (χ4n) is 1.19. The number of nitro groups is 1. The molecule has 0 unspecified atom stereocenters. The van der Waals surface area contributed by atoms with Crippen LogP contribution in [0, 0.1) is 10.1 Å². The summed E-state index contributed by atoms with van der Waals surface area (Å²) in [6.45, 7) is 0. The third kappa shape index (κ3) is 4.19. The summed E-state index contributed by atoms with van der Waals surface area (Å²) in [4.78, 5) is 11.7. The Bertz CT molecular complexity index is 674. The number of nitrogens with zero attached hydrogens (tertiary/aromatic N) is 2. The summed E-state index contributed by atoms with van der Waals surface area (Å²) in [5.74, 6) is -1.95. The third-order valence-electron chi connectivity index (χ3n) is 1.89. The zero-order valence-corrected chi connectivity index (χ0v) is 10.3. The summed E-state index contributed by atoms with van der Waals surface area (Å²) in [5, 5.41) is 13.7. The Morgan fingerprint density at radius 2 is 1.90 bits per heavy atom. The lowest BCUT2D eigenvalue weighted by molar-refractivity contribution is -0.390. The lowest BCUT2D eigenvalue weighted by atomic mass is 10.2. The van der Waals surface area contributed by atoms with E-state index in [1.54, 1.807) is 0 Å². The molecule has 14 heteroatoms. The molecule has 0 aliphatic rings. The van der Waals surface area contributed by atoms with Gasteiger partial charge in [-0.05, 0) is 6.07 Å². The first-order chi connectivity index (χ1) is 9.33. The van der Waals surface area contributed by atoms with Crippen molar-refractivity contribution in [2.75, 3.05) is 0 Å². The predicted octanol–water partition coefficient (Wildman–Crippen LogP) is 1.47. The van der Waals surface area contributed by atoms with Crippen molar-refractivity contribution < 1.29 is 40.0 Å². The summed E-state index contributed by atoms with van der Waals surface area (Å²) in [7, 11) is -4.79. The van der Waals surface area contributed by atoms with E-state index in [-0.39, 0.29) is 6.07 Å². The van der Waals surface area contributed by atoms with Gasteiger partial charge in [0.05, 0.1) is 4.92 Å². The second-order valence-corrected chi connectivity index (χ2v) is 4.86. The van der Waals surface area contributed by atoms with Crippen LogP contribution >= 0.6 is 0 Å². The van der Waals surface area contributed by atoms with Gasteiger partial charge in [-0.2, -0.15) is 4.98 Å². The second kappa shape index (κ2) is 5.36. The first-order valence-electron chi connectivity index (χ1n) is 4.59. The molecule has 0 aliphatic heterocycles. The van der Waals surface area contributed by atoms with Gasteiger partial charge >= 0.3 is 17.9 Å². The molecule has 0 amide bonds. The number of rotatable bonds is 4. The van der Waals surface area contributed by atoms with Gasteiger partial charge in [-0.15, -0.1) is 13.2 Å². The van der Waals surface area contributed by atoms with Gasteiger partial charge in [0.25, 0.3) is 16.4 Å². The molecule has 1 aromatic rings. The molecule has 0 atom stereocenters. The molecule has 21 heavy (non-hydrogen) atoms. The summed E-state index contributed by atoms with van der Waals surface area (Å²) < 4.78 is 86.7. The van der Waals surface area contributed by atoms with Crippen LogP contribution in [-0.4, -0.2) is 24.7 Å². The van der Waals surface area contributed by atoms with Crippen molar-refractivity contribution in [1.29, 1.82) is 0 Å². The highest BCUT2D eigenvalue weighted by Crippen LogP contribution is 2.38. The Balaban J connectivity index is 3.72. The van der Waals surface area contributed by atoms with E-state index >= 15 is 0 Å². The number of nitrogens with two attached hydrogens (primary N) is 1. The number of pyridine rings is 1. The Labute approximate surface area is 112 Å². The Hall–Kier alpha value is -2.09. The molecule has 8 nitrogen and oxygen atoms in total. The number of aromatic nitrogens is 1. The van der Waals surface area contributed by atoms with Crippen molar-refractivity contribution >= 4 is 15.7 Å². The van der Waals surface area contributed by atoms with E-state index in [9.17, 15) is 40.5 Å². The van der Waals surface area contributed by atoms with Crippen LogP contribution in [0.4, 0.5) is 27.6 Å². The van der Waals surface area contributed by atoms with Crippen LogP contribution in [0.5, 0.6) is 5.88 Å². The van der Waals surface area contributed by atoms with E-state index in [2.05, 4.69) is 14.9 Å². The molecule has 118 valence electrons. The predicted molar refractivity (Wildman–Crippen MR) is 53.9 cm³/mol. The highest BCUT2D eigenvalue weighted by atomic mass is 32.2. The van der Waals surface area contributed by atoms with Crippen molar-refractivity contribution in [1.82, 2.24) is 4.98 Å². The van der Waals surface area contributed by atoms with E-state index in [1.165, 1.54) is 0 Å². The van der Waals surface area contributed by atoms with Gasteiger partial charge in [-0.3, -0.25) is 10.1 Å². The largest absolute Gasteiger partial charge is 0.574 e. The van der Waals surface area contributed by atoms with Crippen molar-refractivity contribution in [2.45, 2.75) is 17.8 Å². The molecule has 0 saturated carbocycles. The zero-order chi connectivity index (χ0) is 16.6. The van der Waals surface area contributed by atoms with Crippen LogP contribution in [0.3, 0.4) is 0 Å². The maximum Gasteiger partial charge on any atom is 0.574 e. The smallest absolute Gasteiger partial charge is 0.381 e. The Morgan fingerprint density at radius 3 is 2.24 bits per heavy atom. The minimum absolute atomic E-state index is 0.00136. The summed E-state index contributed by atoms with van der Waals surface area (Å²) in [5.41, 5.74) is -3.44. The minimum Gasteiger partial charge on any atom is -0.381 e. The van der Waals surface area contributed by atoms with Gasteiger partial charge in [0.2, 0.25) is 0 Å². The maximum atomic E-state index is 12.7. The van der Waals surface area contributed by atoms with E-state index in [0.29, 0.717) is 0 Å². The molecule has 0 aliphatic carbocycles. The van der Waals surface area contributed by atoms with Crippen LogP contribution in [0.25, 0.3) is 0 Å². The standard InChI is InChI=1S/C7H4F5N3O5S/c8-5(9)2-1-3(21(13,18)19)14-6(4(2)15(16)17)20-7(10,11)12/h1,5H,(H2,13,18,19). The molecule has 1 rings (SSSR count). The fourth-order valence-corrected chi connectivity index (χ4v) is 1.69. The molecule has 0 bridgehead atoms. The third-order valence-corrected chi connectivity index (χ3v) is 2.68. The van der Waals surface area contributed by atoms with Crippen LogP contribution in [0.1, 0.15) is 12.0 Å². The number of alkyl halides is 5. The summed E-state index contributed by atoms with van der Waals surface area (Å²) in [6, 6.07) is 0.00136. The van der Waals surface area contributed by atoms with Crippen molar-refractivity contribution in [2.24, 2.45) is 5.14 Å². The van der Waals surface area contributed by atoms with Crippen molar-refractivity contribution in [3.8, 4) is 5.88 Å². The number of halogens is 5. The molecule has 0 aromatic carbocycles. The molecule has 2 N–H and O–H groups in total. The first-order valence-corrected chi connectivity index (χ1v) is 6.13. The van der Waals surface area contributed by atoms with Crippen LogP contribution < -0.4 is 9.88 Å². The average molecular weight is 337 g/mol. The number of hydrogen-bond acceptors (Lipinski definition) is 6. The first kappa shape index (κ1) is 17.0. The highest BCUT2D eigenvalue weighted by Gasteiger charge is 2.39.